The Labute approximate surface area is 151 Å². The Balaban J connectivity index is 2.14. The summed E-state index contributed by atoms with van der Waals surface area (Å²) in [5.74, 6) is 0.0208. The van der Waals surface area contributed by atoms with E-state index < -0.39 is 10.0 Å². The predicted molar refractivity (Wildman–Crippen MR) is 99.2 cm³/mol. The molecule has 1 aliphatic heterocycles. The fourth-order valence-electron chi connectivity index (χ4n) is 3.44. The molecular weight excluding hydrogens is 338 g/mol. The van der Waals surface area contributed by atoms with Gasteiger partial charge in [0.15, 0.2) is 0 Å². The SMILES string of the molecule is CCN(CCC(=O)N1CCNCC1)S(=O)(=O)c1c(C)cc(C)cc1C. The van der Waals surface area contributed by atoms with Gasteiger partial charge in [0.25, 0.3) is 0 Å². The van der Waals surface area contributed by atoms with Crippen molar-refractivity contribution >= 4 is 15.9 Å². The van der Waals surface area contributed by atoms with Gasteiger partial charge >= 0.3 is 0 Å². The van der Waals surface area contributed by atoms with Crippen LogP contribution in [-0.4, -0.2) is 62.8 Å². The molecule has 140 valence electrons. The van der Waals surface area contributed by atoms with Crippen LogP contribution in [0.5, 0.6) is 0 Å². The lowest BCUT2D eigenvalue weighted by Crippen LogP contribution is -2.47. The fraction of sp³-hybridized carbons (Fsp3) is 0.611. The largest absolute Gasteiger partial charge is 0.340 e. The molecule has 7 heteroatoms. The van der Waals surface area contributed by atoms with E-state index in [1.54, 1.807) is 4.90 Å². The molecule has 0 radical (unpaired) electrons. The molecule has 1 amide bonds. The van der Waals surface area contributed by atoms with Crippen molar-refractivity contribution < 1.29 is 13.2 Å². The summed E-state index contributed by atoms with van der Waals surface area (Å²) in [6.45, 7) is 11.0. The Hall–Kier alpha value is -1.44. The standard InChI is InChI=1S/C18H29N3O3S/c1-5-21(9-6-17(22)20-10-7-19-8-11-20)25(23,24)18-15(3)12-14(2)13-16(18)4/h12-13,19H,5-11H2,1-4H3. The van der Waals surface area contributed by atoms with Gasteiger partial charge in [0.1, 0.15) is 0 Å². The average Bonchev–Trinajstić information content (AvgIpc) is 2.54. The highest BCUT2D eigenvalue weighted by atomic mass is 32.2. The second kappa shape index (κ2) is 8.29. The van der Waals surface area contributed by atoms with Crippen molar-refractivity contribution in [1.82, 2.24) is 14.5 Å². The maximum Gasteiger partial charge on any atom is 0.243 e. The van der Waals surface area contributed by atoms with Crippen molar-refractivity contribution in [2.24, 2.45) is 0 Å². The lowest BCUT2D eigenvalue weighted by Gasteiger charge is -2.29. The highest BCUT2D eigenvalue weighted by Gasteiger charge is 2.28. The van der Waals surface area contributed by atoms with Gasteiger partial charge in [-0.25, -0.2) is 8.42 Å². The lowest BCUT2D eigenvalue weighted by atomic mass is 10.1. The van der Waals surface area contributed by atoms with Crippen LogP contribution in [0.2, 0.25) is 0 Å². The molecule has 1 N–H and O–H groups in total. The number of benzene rings is 1. The fourth-order valence-corrected chi connectivity index (χ4v) is 5.31. The number of amides is 1. The molecule has 0 unspecified atom stereocenters. The number of rotatable bonds is 6. The first kappa shape index (κ1) is 19.9. The number of piperazine rings is 1. The smallest absolute Gasteiger partial charge is 0.243 e. The molecule has 6 nitrogen and oxygen atoms in total. The summed E-state index contributed by atoms with van der Waals surface area (Å²) in [5, 5.41) is 3.21. The molecule has 1 saturated heterocycles. The van der Waals surface area contributed by atoms with Crippen LogP contribution in [0.1, 0.15) is 30.0 Å². The molecule has 0 atom stereocenters. The zero-order chi connectivity index (χ0) is 18.6. The van der Waals surface area contributed by atoms with Crippen molar-refractivity contribution in [3.05, 3.63) is 28.8 Å². The Bertz CT molecular complexity index is 702. The summed E-state index contributed by atoms with van der Waals surface area (Å²) < 4.78 is 27.6. The number of aryl methyl sites for hydroxylation is 3. The second-order valence-electron chi connectivity index (χ2n) is 6.61. The average molecular weight is 368 g/mol. The third-order valence-electron chi connectivity index (χ3n) is 4.60. The van der Waals surface area contributed by atoms with Gasteiger partial charge in [-0.2, -0.15) is 4.31 Å². The number of nitrogens with one attached hydrogen (secondary N) is 1. The number of carbonyl (C=O) groups is 1. The number of nitrogens with zero attached hydrogens (tertiary/aromatic N) is 2. The van der Waals surface area contributed by atoms with Crippen LogP contribution in [0.3, 0.4) is 0 Å². The molecule has 0 aromatic heterocycles. The van der Waals surface area contributed by atoms with Gasteiger partial charge in [0.2, 0.25) is 15.9 Å². The van der Waals surface area contributed by atoms with Crippen LogP contribution < -0.4 is 5.32 Å². The van der Waals surface area contributed by atoms with E-state index in [0.29, 0.717) is 24.5 Å². The lowest BCUT2D eigenvalue weighted by molar-refractivity contribution is -0.131. The highest BCUT2D eigenvalue weighted by molar-refractivity contribution is 7.89. The summed E-state index contributed by atoms with van der Waals surface area (Å²) >= 11 is 0. The van der Waals surface area contributed by atoms with E-state index in [0.717, 1.165) is 29.8 Å². The molecule has 0 bridgehead atoms. The minimum Gasteiger partial charge on any atom is -0.340 e. The highest BCUT2D eigenvalue weighted by Crippen LogP contribution is 2.25. The van der Waals surface area contributed by atoms with Crippen molar-refractivity contribution in [3.63, 3.8) is 0 Å². The predicted octanol–water partition coefficient (Wildman–Crippen LogP) is 1.44. The molecule has 1 fully saturated rings. The summed E-state index contributed by atoms with van der Waals surface area (Å²) in [7, 11) is -3.61. The number of carbonyl (C=O) groups excluding carboxylic acids is 1. The van der Waals surface area contributed by atoms with Crippen LogP contribution in [0.15, 0.2) is 17.0 Å². The first-order valence-electron chi connectivity index (χ1n) is 8.84. The van der Waals surface area contributed by atoms with Crippen molar-refractivity contribution in [1.29, 1.82) is 0 Å². The van der Waals surface area contributed by atoms with Crippen LogP contribution >= 0.6 is 0 Å². The molecule has 2 rings (SSSR count). The van der Waals surface area contributed by atoms with E-state index in [9.17, 15) is 13.2 Å². The first-order chi connectivity index (χ1) is 11.8. The number of hydrogen-bond acceptors (Lipinski definition) is 4. The third-order valence-corrected chi connectivity index (χ3v) is 6.88. The Morgan fingerprint density at radius 2 is 1.72 bits per heavy atom. The Morgan fingerprint density at radius 3 is 2.24 bits per heavy atom. The second-order valence-corrected chi connectivity index (χ2v) is 8.48. The van der Waals surface area contributed by atoms with Crippen LogP contribution in [0.4, 0.5) is 0 Å². The zero-order valence-electron chi connectivity index (χ0n) is 15.6. The van der Waals surface area contributed by atoms with Gasteiger partial charge in [0.05, 0.1) is 4.90 Å². The van der Waals surface area contributed by atoms with E-state index in [1.807, 2.05) is 39.8 Å². The molecule has 1 heterocycles. The van der Waals surface area contributed by atoms with Crippen molar-refractivity contribution in [3.8, 4) is 0 Å². The number of hydrogen-bond donors (Lipinski definition) is 1. The molecule has 0 aliphatic carbocycles. The van der Waals surface area contributed by atoms with E-state index in [4.69, 9.17) is 0 Å². The van der Waals surface area contributed by atoms with Crippen molar-refractivity contribution in [2.75, 3.05) is 39.3 Å². The van der Waals surface area contributed by atoms with Gasteiger partial charge in [0, 0.05) is 45.7 Å². The maximum absolute atomic E-state index is 13.1. The van der Waals surface area contributed by atoms with Gasteiger partial charge in [-0.3, -0.25) is 4.79 Å². The van der Waals surface area contributed by atoms with Gasteiger partial charge in [-0.05, 0) is 31.9 Å². The number of sulfonamides is 1. The minimum atomic E-state index is -3.61. The summed E-state index contributed by atoms with van der Waals surface area (Å²) in [5.41, 5.74) is 2.56. The van der Waals surface area contributed by atoms with Gasteiger partial charge < -0.3 is 10.2 Å². The maximum atomic E-state index is 13.1. The summed E-state index contributed by atoms with van der Waals surface area (Å²) in [6.07, 6.45) is 0.219. The topological polar surface area (TPSA) is 69.7 Å². The zero-order valence-corrected chi connectivity index (χ0v) is 16.4. The quantitative estimate of drug-likeness (QED) is 0.826. The van der Waals surface area contributed by atoms with Gasteiger partial charge in [-0.15, -0.1) is 0 Å². The minimum absolute atomic E-state index is 0.0208. The molecule has 1 aliphatic rings. The normalized spacial score (nSPS) is 15.6. The van der Waals surface area contributed by atoms with E-state index in [-0.39, 0.29) is 18.9 Å². The third kappa shape index (κ3) is 4.59. The molecule has 1 aromatic rings. The van der Waals surface area contributed by atoms with Crippen LogP contribution in [0, 0.1) is 20.8 Å². The first-order valence-corrected chi connectivity index (χ1v) is 10.3. The van der Waals surface area contributed by atoms with Crippen molar-refractivity contribution in [2.45, 2.75) is 39.0 Å². The molecular formula is C18H29N3O3S. The molecule has 1 aromatic carbocycles. The summed E-state index contributed by atoms with van der Waals surface area (Å²) in [6, 6.07) is 3.78. The summed E-state index contributed by atoms with van der Waals surface area (Å²) in [4.78, 5) is 14.5. The van der Waals surface area contributed by atoms with E-state index >= 15 is 0 Å². The van der Waals surface area contributed by atoms with E-state index in [2.05, 4.69) is 5.32 Å². The van der Waals surface area contributed by atoms with E-state index in [1.165, 1.54) is 4.31 Å². The monoisotopic (exact) mass is 367 g/mol. The molecule has 0 saturated carbocycles. The molecule has 25 heavy (non-hydrogen) atoms. The van der Waals surface area contributed by atoms with Crippen LogP contribution in [0.25, 0.3) is 0 Å². The molecule has 0 spiro atoms. The Morgan fingerprint density at radius 1 is 1.16 bits per heavy atom. The van der Waals surface area contributed by atoms with Gasteiger partial charge in [-0.1, -0.05) is 24.6 Å². The Kier molecular flexibility index (Phi) is 6.59. The van der Waals surface area contributed by atoms with Crippen LogP contribution in [-0.2, 0) is 14.8 Å².